The van der Waals surface area contributed by atoms with Crippen molar-refractivity contribution in [3.05, 3.63) is 63.3 Å². The van der Waals surface area contributed by atoms with E-state index in [0.29, 0.717) is 9.90 Å². The van der Waals surface area contributed by atoms with Gasteiger partial charge in [-0.3, -0.25) is 25.8 Å². The molecule has 2 aromatic rings. The van der Waals surface area contributed by atoms with Gasteiger partial charge in [0.2, 0.25) is 5.91 Å². The minimum Gasteiger partial charge on any atom is -0.298 e. The SMILES string of the molecule is O=C(C=Cc1ccc(Cl)cc1)NC(=S)NNC(=O)c1cccs1. The Labute approximate surface area is 147 Å². The van der Waals surface area contributed by atoms with Crippen LogP contribution in [-0.4, -0.2) is 16.9 Å². The number of carbonyl (C=O) groups is 2. The van der Waals surface area contributed by atoms with Gasteiger partial charge >= 0.3 is 0 Å². The molecule has 0 aliphatic heterocycles. The van der Waals surface area contributed by atoms with E-state index in [1.807, 2.05) is 0 Å². The minimum absolute atomic E-state index is 0.000613. The second kappa shape index (κ2) is 8.42. The van der Waals surface area contributed by atoms with Crippen molar-refractivity contribution in [2.75, 3.05) is 0 Å². The van der Waals surface area contributed by atoms with Gasteiger partial charge in [-0.25, -0.2) is 0 Å². The van der Waals surface area contributed by atoms with Crippen molar-refractivity contribution >= 4 is 58.2 Å². The largest absolute Gasteiger partial charge is 0.298 e. The summed E-state index contributed by atoms with van der Waals surface area (Å²) < 4.78 is 0. The van der Waals surface area contributed by atoms with E-state index in [2.05, 4.69) is 16.2 Å². The van der Waals surface area contributed by atoms with Crippen LogP contribution in [0.4, 0.5) is 0 Å². The lowest BCUT2D eigenvalue weighted by Gasteiger charge is -2.08. The first-order valence-corrected chi connectivity index (χ1v) is 8.09. The zero-order valence-corrected chi connectivity index (χ0v) is 14.1. The second-order valence-electron chi connectivity index (χ2n) is 4.26. The lowest BCUT2D eigenvalue weighted by molar-refractivity contribution is -0.115. The first kappa shape index (κ1) is 17.1. The van der Waals surface area contributed by atoms with Crippen LogP contribution in [0.15, 0.2) is 47.9 Å². The summed E-state index contributed by atoms with van der Waals surface area (Å²) in [5.41, 5.74) is 5.69. The summed E-state index contributed by atoms with van der Waals surface area (Å²) in [5, 5.41) is 4.83. The van der Waals surface area contributed by atoms with Gasteiger partial charge in [0.05, 0.1) is 4.88 Å². The summed E-state index contributed by atoms with van der Waals surface area (Å²) in [5.74, 6) is -0.740. The molecule has 0 bridgehead atoms. The number of halogens is 1. The first-order valence-electron chi connectivity index (χ1n) is 6.43. The van der Waals surface area contributed by atoms with E-state index in [9.17, 15) is 9.59 Å². The maximum Gasteiger partial charge on any atom is 0.279 e. The lowest BCUT2D eigenvalue weighted by atomic mass is 10.2. The number of hydrazine groups is 1. The standard InChI is InChI=1S/C15H12ClN3O2S2/c16-11-6-3-10(4-7-11)5-8-13(20)17-15(22)19-18-14(21)12-2-1-9-23-12/h1-9H,(H,18,21)(H2,17,19,20,22). The number of thiophene rings is 1. The first-order chi connectivity index (χ1) is 11.0. The third-order valence-electron chi connectivity index (χ3n) is 2.57. The molecule has 8 heteroatoms. The topological polar surface area (TPSA) is 70.2 Å². The average molecular weight is 366 g/mol. The lowest BCUT2D eigenvalue weighted by Crippen LogP contribution is -2.48. The quantitative estimate of drug-likeness (QED) is 0.444. The summed E-state index contributed by atoms with van der Waals surface area (Å²) in [6.07, 6.45) is 2.96. The molecule has 2 rings (SSSR count). The Morgan fingerprint density at radius 1 is 1.13 bits per heavy atom. The molecule has 5 nitrogen and oxygen atoms in total. The van der Waals surface area contributed by atoms with Crippen molar-refractivity contribution in [3.8, 4) is 0 Å². The second-order valence-corrected chi connectivity index (χ2v) is 6.05. The highest BCUT2D eigenvalue weighted by Gasteiger charge is 2.07. The minimum atomic E-state index is -0.414. The van der Waals surface area contributed by atoms with E-state index in [1.165, 1.54) is 17.4 Å². The van der Waals surface area contributed by atoms with Crippen molar-refractivity contribution in [1.82, 2.24) is 16.2 Å². The molecular weight excluding hydrogens is 354 g/mol. The molecule has 1 aromatic carbocycles. The Kier molecular flexibility index (Phi) is 6.28. The fourth-order valence-electron chi connectivity index (χ4n) is 1.51. The number of carbonyl (C=O) groups excluding carboxylic acids is 2. The maximum absolute atomic E-state index is 11.7. The summed E-state index contributed by atoms with van der Waals surface area (Å²) in [6.45, 7) is 0. The Morgan fingerprint density at radius 3 is 2.52 bits per heavy atom. The van der Waals surface area contributed by atoms with Crippen LogP contribution in [0.2, 0.25) is 5.02 Å². The number of thiocarbonyl (C=S) groups is 1. The van der Waals surface area contributed by atoms with Gasteiger partial charge in [0.1, 0.15) is 0 Å². The van der Waals surface area contributed by atoms with Crippen LogP contribution in [0.3, 0.4) is 0 Å². The molecule has 3 N–H and O–H groups in total. The van der Waals surface area contributed by atoms with Crippen LogP contribution < -0.4 is 16.2 Å². The Balaban J connectivity index is 1.77. The molecule has 0 unspecified atom stereocenters. The summed E-state index contributed by atoms with van der Waals surface area (Å²) >= 11 is 12.0. The van der Waals surface area contributed by atoms with E-state index < -0.39 is 5.91 Å². The molecule has 0 saturated carbocycles. The van der Waals surface area contributed by atoms with Gasteiger partial charge in [-0.1, -0.05) is 29.8 Å². The zero-order valence-electron chi connectivity index (χ0n) is 11.7. The highest BCUT2D eigenvalue weighted by molar-refractivity contribution is 7.80. The zero-order chi connectivity index (χ0) is 16.7. The van der Waals surface area contributed by atoms with Gasteiger partial charge < -0.3 is 0 Å². The molecule has 23 heavy (non-hydrogen) atoms. The molecule has 0 atom stereocenters. The molecule has 0 aliphatic carbocycles. The van der Waals surface area contributed by atoms with Gasteiger partial charge in [-0.2, -0.15) is 0 Å². The molecular formula is C15H12ClN3O2S2. The van der Waals surface area contributed by atoms with Crippen LogP contribution in [0.25, 0.3) is 6.08 Å². The highest BCUT2D eigenvalue weighted by Crippen LogP contribution is 2.10. The average Bonchev–Trinajstić information content (AvgIpc) is 3.06. The molecule has 0 fully saturated rings. The molecule has 0 spiro atoms. The molecule has 2 amide bonds. The van der Waals surface area contributed by atoms with E-state index in [4.69, 9.17) is 23.8 Å². The van der Waals surface area contributed by atoms with Crippen LogP contribution in [0.5, 0.6) is 0 Å². The summed E-state index contributed by atoms with van der Waals surface area (Å²) in [4.78, 5) is 23.9. The number of rotatable bonds is 3. The normalized spacial score (nSPS) is 10.3. The van der Waals surface area contributed by atoms with Crippen molar-refractivity contribution in [1.29, 1.82) is 0 Å². The van der Waals surface area contributed by atoms with E-state index >= 15 is 0 Å². The maximum atomic E-state index is 11.7. The van der Waals surface area contributed by atoms with Crippen LogP contribution in [0, 0.1) is 0 Å². The van der Waals surface area contributed by atoms with E-state index in [-0.39, 0.29) is 11.0 Å². The Hall–Kier alpha value is -2.22. The smallest absolute Gasteiger partial charge is 0.279 e. The number of nitrogens with one attached hydrogen (secondary N) is 3. The number of hydrogen-bond acceptors (Lipinski definition) is 4. The molecule has 0 aliphatic rings. The number of benzene rings is 1. The highest BCUT2D eigenvalue weighted by atomic mass is 35.5. The number of amides is 2. The van der Waals surface area contributed by atoms with Crippen molar-refractivity contribution in [2.45, 2.75) is 0 Å². The molecule has 1 aromatic heterocycles. The Morgan fingerprint density at radius 2 is 1.87 bits per heavy atom. The van der Waals surface area contributed by atoms with E-state index in [0.717, 1.165) is 5.56 Å². The molecule has 0 saturated heterocycles. The fraction of sp³-hybridized carbons (Fsp3) is 0. The number of hydrogen-bond donors (Lipinski definition) is 3. The van der Waals surface area contributed by atoms with Gasteiger partial charge in [-0.15, -0.1) is 11.3 Å². The fourth-order valence-corrected chi connectivity index (χ4v) is 2.41. The van der Waals surface area contributed by atoms with Gasteiger partial charge in [0.15, 0.2) is 5.11 Å². The van der Waals surface area contributed by atoms with Crippen LogP contribution >= 0.6 is 35.2 Å². The summed E-state index contributed by atoms with van der Waals surface area (Å²) in [6, 6.07) is 10.5. The Bertz CT molecular complexity index is 728. The molecule has 118 valence electrons. The van der Waals surface area contributed by atoms with Crippen molar-refractivity contribution in [3.63, 3.8) is 0 Å². The third kappa shape index (κ3) is 5.82. The molecule has 1 heterocycles. The predicted molar refractivity (Wildman–Crippen MR) is 96.1 cm³/mol. The van der Waals surface area contributed by atoms with Gasteiger partial charge in [0.25, 0.3) is 5.91 Å². The monoisotopic (exact) mass is 365 g/mol. The van der Waals surface area contributed by atoms with Crippen LogP contribution in [0.1, 0.15) is 15.2 Å². The van der Waals surface area contributed by atoms with E-state index in [1.54, 1.807) is 47.9 Å². The predicted octanol–water partition coefficient (Wildman–Crippen LogP) is 2.75. The van der Waals surface area contributed by atoms with Gasteiger partial charge in [0, 0.05) is 11.1 Å². The van der Waals surface area contributed by atoms with Crippen LogP contribution in [-0.2, 0) is 4.79 Å². The van der Waals surface area contributed by atoms with Gasteiger partial charge in [-0.05, 0) is 47.4 Å². The summed E-state index contributed by atoms with van der Waals surface area (Å²) in [7, 11) is 0. The molecule has 0 radical (unpaired) electrons. The third-order valence-corrected chi connectivity index (χ3v) is 3.89. The van der Waals surface area contributed by atoms with Crippen molar-refractivity contribution < 1.29 is 9.59 Å². The van der Waals surface area contributed by atoms with Crippen molar-refractivity contribution in [2.24, 2.45) is 0 Å².